The number of rotatable bonds is 11. The van der Waals surface area contributed by atoms with Crippen molar-refractivity contribution in [3.8, 4) is 11.5 Å². The van der Waals surface area contributed by atoms with Gasteiger partial charge in [0.15, 0.2) is 16.3 Å². The van der Waals surface area contributed by atoms with Crippen LogP contribution in [0.1, 0.15) is 37.0 Å². The number of nitrogens with zero attached hydrogens (tertiary/aromatic N) is 3. The van der Waals surface area contributed by atoms with Crippen LogP contribution in [0.4, 0.5) is 0 Å². The third-order valence-electron chi connectivity index (χ3n) is 5.55. The zero-order valence-electron chi connectivity index (χ0n) is 20.5. The predicted octanol–water partition coefficient (Wildman–Crippen LogP) is 4.46. The average Bonchev–Trinajstić information content (AvgIpc) is 3.19. The van der Waals surface area contributed by atoms with E-state index in [1.54, 1.807) is 20.3 Å². The number of carbonyl (C=O) groups is 1. The Kier molecular flexibility index (Phi) is 8.87. The number of ether oxygens (including phenoxy) is 2. The Morgan fingerprint density at radius 1 is 1.14 bits per heavy atom. The average molecular weight is 518 g/mol. The number of methoxy groups -OCH3 is 2. The standard InChI is InChI=1S/C25H31N3O5S2/c1-6-9-15-27(8-3)35(30,31)19-12-10-18(11-13-19)24(29)26-25-28(14-7-2)20-16-21(32-4)22(33-5)17-23(20)34-25/h7,10-13,16-17H,2,6,8-9,14-15H2,1,3-5H3. The highest BCUT2D eigenvalue weighted by Crippen LogP contribution is 2.33. The van der Waals surface area contributed by atoms with Crippen LogP contribution >= 0.6 is 11.3 Å². The summed E-state index contributed by atoms with van der Waals surface area (Å²) in [5.74, 6) is 0.697. The molecule has 1 aromatic heterocycles. The largest absolute Gasteiger partial charge is 0.493 e. The third kappa shape index (κ3) is 5.66. The van der Waals surface area contributed by atoms with Gasteiger partial charge in [-0.05, 0) is 30.7 Å². The van der Waals surface area contributed by atoms with E-state index in [0.717, 1.165) is 23.1 Å². The highest BCUT2D eigenvalue weighted by atomic mass is 32.2. The molecule has 10 heteroatoms. The van der Waals surface area contributed by atoms with Gasteiger partial charge in [0.1, 0.15) is 0 Å². The second kappa shape index (κ2) is 11.7. The zero-order valence-corrected chi connectivity index (χ0v) is 22.1. The Bertz CT molecular complexity index is 1370. The lowest BCUT2D eigenvalue weighted by atomic mass is 10.2. The second-order valence-corrected chi connectivity index (χ2v) is 10.7. The van der Waals surface area contributed by atoms with E-state index in [-0.39, 0.29) is 4.90 Å². The summed E-state index contributed by atoms with van der Waals surface area (Å²) in [6.45, 7) is 8.96. The van der Waals surface area contributed by atoms with E-state index in [2.05, 4.69) is 11.6 Å². The zero-order chi connectivity index (χ0) is 25.6. The molecule has 0 bridgehead atoms. The molecule has 2 aromatic carbocycles. The minimum absolute atomic E-state index is 0.162. The number of hydrogen-bond acceptors (Lipinski definition) is 6. The third-order valence-corrected chi connectivity index (χ3v) is 8.58. The summed E-state index contributed by atoms with van der Waals surface area (Å²) in [4.78, 5) is 18.0. The first-order valence-corrected chi connectivity index (χ1v) is 13.6. The number of carbonyl (C=O) groups excluding carboxylic acids is 1. The summed E-state index contributed by atoms with van der Waals surface area (Å²) < 4.78 is 40.9. The number of sulfonamides is 1. The topological polar surface area (TPSA) is 90.2 Å². The van der Waals surface area contributed by atoms with Gasteiger partial charge in [-0.1, -0.05) is 37.7 Å². The van der Waals surface area contributed by atoms with Gasteiger partial charge in [0.05, 0.1) is 29.3 Å². The predicted molar refractivity (Wildman–Crippen MR) is 139 cm³/mol. The van der Waals surface area contributed by atoms with E-state index in [0.29, 0.717) is 41.5 Å². The maximum absolute atomic E-state index is 13.0. The van der Waals surface area contributed by atoms with Gasteiger partial charge in [-0.25, -0.2) is 8.42 Å². The number of hydrogen-bond donors (Lipinski definition) is 0. The lowest BCUT2D eigenvalue weighted by molar-refractivity contribution is 0.0997. The molecule has 1 amide bonds. The van der Waals surface area contributed by atoms with Gasteiger partial charge in [0.2, 0.25) is 10.0 Å². The maximum Gasteiger partial charge on any atom is 0.279 e. The summed E-state index contributed by atoms with van der Waals surface area (Å²) in [5, 5.41) is 0. The summed E-state index contributed by atoms with van der Waals surface area (Å²) in [6, 6.07) is 9.62. The van der Waals surface area contributed by atoms with Crippen LogP contribution in [0, 0.1) is 0 Å². The Morgan fingerprint density at radius 2 is 1.80 bits per heavy atom. The molecule has 0 saturated heterocycles. The van der Waals surface area contributed by atoms with Crippen molar-refractivity contribution < 1.29 is 22.7 Å². The van der Waals surface area contributed by atoms with Gasteiger partial charge >= 0.3 is 0 Å². The molecule has 0 radical (unpaired) electrons. The van der Waals surface area contributed by atoms with Gasteiger partial charge in [-0.3, -0.25) is 4.79 Å². The first kappa shape index (κ1) is 26.7. The molecule has 0 aliphatic heterocycles. The molecule has 8 nitrogen and oxygen atoms in total. The molecule has 35 heavy (non-hydrogen) atoms. The number of aromatic nitrogens is 1. The molecule has 0 unspecified atom stereocenters. The number of amides is 1. The molecule has 0 atom stereocenters. The van der Waals surface area contributed by atoms with Crippen LogP contribution in [-0.4, -0.2) is 50.5 Å². The van der Waals surface area contributed by atoms with E-state index >= 15 is 0 Å². The number of unbranched alkanes of at least 4 members (excludes halogenated alkanes) is 1. The molecule has 0 fully saturated rings. The molecule has 0 saturated carbocycles. The smallest absolute Gasteiger partial charge is 0.279 e. The molecule has 0 aliphatic carbocycles. The van der Waals surface area contributed by atoms with Crippen molar-refractivity contribution in [1.29, 1.82) is 0 Å². The van der Waals surface area contributed by atoms with Gasteiger partial charge in [0.25, 0.3) is 5.91 Å². The van der Waals surface area contributed by atoms with Crippen LogP contribution in [0.25, 0.3) is 10.2 Å². The first-order valence-electron chi connectivity index (χ1n) is 11.4. The van der Waals surface area contributed by atoms with E-state index in [4.69, 9.17) is 9.47 Å². The van der Waals surface area contributed by atoms with E-state index in [1.165, 1.54) is 39.9 Å². The SMILES string of the molecule is C=CCn1c(=NC(=O)c2ccc(S(=O)(=O)N(CC)CCCC)cc2)sc2cc(OC)c(OC)cc21. The van der Waals surface area contributed by atoms with Crippen LogP contribution < -0.4 is 14.3 Å². The van der Waals surface area contributed by atoms with Gasteiger partial charge in [0, 0.05) is 37.3 Å². The molecule has 0 spiro atoms. The Morgan fingerprint density at radius 3 is 2.37 bits per heavy atom. The van der Waals surface area contributed by atoms with Gasteiger partial charge in [-0.2, -0.15) is 9.30 Å². The van der Waals surface area contributed by atoms with Crippen molar-refractivity contribution in [2.45, 2.75) is 38.1 Å². The molecular weight excluding hydrogens is 486 g/mol. The quantitative estimate of drug-likeness (QED) is 0.350. The summed E-state index contributed by atoms with van der Waals surface area (Å²) in [6.07, 6.45) is 3.42. The lowest BCUT2D eigenvalue weighted by Crippen LogP contribution is -2.31. The second-order valence-electron chi connectivity index (χ2n) is 7.75. The van der Waals surface area contributed by atoms with Crippen molar-refractivity contribution in [1.82, 2.24) is 8.87 Å². The van der Waals surface area contributed by atoms with Crippen molar-refractivity contribution >= 4 is 37.5 Å². The van der Waals surface area contributed by atoms with Crippen LogP contribution in [0.2, 0.25) is 0 Å². The molecule has 188 valence electrons. The van der Waals surface area contributed by atoms with Gasteiger partial charge in [-0.15, -0.1) is 6.58 Å². The monoisotopic (exact) mass is 517 g/mol. The van der Waals surface area contributed by atoms with E-state index < -0.39 is 15.9 Å². The highest BCUT2D eigenvalue weighted by molar-refractivity contribution is 7.89. The lowest BCUT2D eigenvalue weighted by Gasteiger charge is -2.20. The Hall–Kier alpha value is -2.95. The molecule has 3 rings (SSSR count). The number of fused-ring (bicyclic) bond motifs is 1. The van der Waals surface area contributed by atoms with Crippen LogP contribution in [0.5, 0.6) is 11.5 Å². The molecule has 0 aliphatic rings. The summed E-state index contributed by atoms with van der Waals surface area (Å²) in [5.41, 5.74) is 1.14. The number of thiazole rings is 1. The highest BCUT2D eigenvalue weighted by Gasteiger charge is 2.23. The molecule has 0 N–H and O–H groups in total. The fourth-order valence-electron chi connectivity index (χ4n) is 3.64. The molecule has 3 aromatic rings. The van der Waals surface area contributed by atoms with E-state index in [1.807, 2.05) is 30.5 Å². The summed E-state index contributed by atoms with van der Waals surface area (Å²) in [7, 11) is -0.482. The minimum Gasteiger partial charge on any atom is -0.493 e. The van der Waals surface area contributed by atoms with Crippen LogP contribution in [-0.2, 0) is 16.6 Å². The van der Waals surface area contributed by atoms with Gasteiger partial charge < -0.3 is 14.0 Å². The van der Waals surface area contributed by atoms with Crippen molar-refractivity contribution in [2.75, 3.05) is 27.3 Å². The van der Waals surface area contributed by atoms with Crippen LogP contribution in [0.15, 0.2) is 58.9 Å². The van der Waals surface area contributed by atoms with Crippen molar-refractivity contribution in [3.05, 3.63) is 59.4 Å². The van der Waals surface area contributed by atoms with Crippen LogP contribution in [0.3, 0.4) is 0 Å². The Balaban J connectivity index is 1.98. The fraction of sp³-hybridized carbons (Fsp3) is 0.360. The number of benzene rings is 2. The number of allylic oxidation sites excluding steroid dienone is 1. The summed E-state index contributed by atoms with van der Waals surface area (Å²) >= 11 is 1.35. The first-order chi connectivity index (χ1) is 16.8. The minimum atomic E-state index is -3.61. The molecular formula is C25H31N3O5S2. The fourth-order valence-corrected chi connectivity index (χ4v) is 6.18. The molecule has 1 heterocycles. The normalized spacial score (nSPS) is 12.3. The van der Waals surface area contributed by atoms with Crippen molar-refractivity contribution in [2.24, 2.45) is 4.99 Å². The van der Waals surface area contributed by atoms with Crippen molar-refractivity contribution in [3.63, 3.8) is 0 Å². The van der Waals surface area contributed by atoms with E-state index in [9.17, 15) is 13.2 Å². The maximum atomic E-state index is 13.0. The Labute approximate surface area is 210 Å².